The number of hydrogen-bond donors (Lipinski definition) is 0. The average molecular weight is 176 g/mol. The molecule has 0 aliphatic carbocycles. The lowest BCUT2D eigenvalue weighted by molar-refractivity contribution is 0.403. The molecule has 0 unspecified atom stereocenters. The van der Waals surface area contributed by atoms with Crippen molar-refractivity contribution in [2.45, 2.75) is 0 Å². The second kappa shape index (κ2) is 3.01. The first-order chi connectivity index (χ1) is 6.33. The maximum atomic E-state index is 13.2. The summed E-state index contributed by atoms with van der Waals surface area (Å²) in [5.74, 6) is 0.0589. The third-order valence-electron chi connectivity index (χ3n) is 1.84. The van der Waals surface area contributed by atoms with Crippen LogP contribution in [0.3, 0.4) is 0 Å². The predicted molar refractivity (Wildman–Crippen MR) is 47.1 cm³/mol. The number of rotatable bonds is 1. The molecule has 13 heavy (non-hydrogen) atoms. The van der Waals surface area contributed by atoms with Crippen molar-refractivity contribution in [1.29, 1.82) is 0 Å². The first-order valence-electron chi connectivity index (χ1n) is 3.82. The number of benzene rings is 1. The molecular formula is C10H7FNO. The summed E-state index contributed by atoms with van der Waals surface area (Å²) in [7, 11) is 1.51. The minimum Gasteiger partial charge on any atom is -0.481 e. The first kappa shape index (κ1) is 7.98. The van der Waals surface area contributed by atoms with E-state index < -0.39 is 0 Å². The summed E-state index contributed by atoms with van der Waals surface area (Å²) in [5.41, 5.74) is 0. The van der Waals surface area contributed by atoms with E-state index in [0.717, 1.165) is 0 Å². The summed E-state index contributed by atoms with van der Waals surface area (Å²) >= 11 is 0. The smallest absolute Gasteiger partial charge is 0.221 e. The number of methoxy groups -OCH3 is 1. The lowest BCUT2D eigenvalue weighted by atomic mass is 10.1. The van der Waals surface area contributed by atoms with E-state index in [0.29, 0.717) is 16.7 Å². The maximum absolute atomic E-state index is 13.2. The molecule has 1 radical (unpaired) electrons. The van der Waals surface area contributed by atoms with Gasteiger partial charge in [0, 0.05) is 23.0 Å². The zero-order chi connectivity index (χ0) is 9.26. The summed E-state index contributed by atoms with van der Waals surface area (Å²) < 4.78 is 18.2. The number of halogens is 1. The van der Waals surface area contributed by atoms with Crippen molar-refractivity contribution in [3.63, 3.8) is 0 Å². The number of pyridine rings is 1. The zero-order valence-electron chi connectivity index (χ0n) is 7.04. The maximum Gasteiger partial charge on any atom is 0.221 e. The third-order valence-corrected chi connectivity index (χ3v) is 1.84. The van der Waals surface area contributed by atoms with Crippen molar-refractivity contribution >= 4 is 10.8 Å². The first-order valence-corrected chi connectivity index (χ1v) is 3.82. The molecule has 0 amide bonds. The third kappa shape index (κ3) is 1.22. The highest BCUT2D eigenvalue weighted by atomic mass is 19.1. The number of hydrogen-bond acceptors (Lipinski definition) is 2. The van der Waals surface area contributed by atoms with Crippen LogP contribution < -0.4 is 4.74 Å². The van der Waals surface area contributed by atoms with Gasteiger partial charge in [-0.25, -0.2) is 9.37 Å². The average Bonchev–Trinajstić information content (AvgIpc) is 2.18. The van der Waals surface area contributed by atoms with Gasteiger partial charge in [0.15, 0.2) is 0 Å². The molecule has 1 aromatic heterocycles. The fourth-order valence-electron chi connectivity index (χ4n) is 1.25. The topological polar surface area (TPSA) is 22.1 Å². The van der Waals surface area contributed by atoms with E-state index in [9.17, 15) is 4.39 Å². The minimum absolute atomic E-state index is 0.377. The summed E-state index contributed by atoms with van der Waals surface area (Å²) in [6, 6.07) is 7.32. The van der Waals surface area contributed by atoms with Gasteiger partial charge >= 0.3 is 0 Å². The molecule has 1 heterocycles. The molecule has 0 spiro atoms. The van der Waals surface area contributed by atoms with Crippen LogP contribution in [0.2, 0.25) is 0 Å². The monoisotopic (exact) mass is 176 g/mol. The fraction of sp³-hybridized carbons (Fsp3) is 0.100. The summed E-state index contributed by atoms with van der Waals surface area (Å²) in [6.45, 7) is 0. The van der Waals surface area contributed by atoms with Gasteiger partial charge in [0.25, 0.3) is 0 Å². The summed E-state index contributed by atoms with van der Waals surface area (Å²) in [6.07, 6.45) is 1.51. The molecule has 0 aliphatic rings. The van der Waals surface area contributed by atoms with Gasteiger partial charge in [0.2, 0.25) is 5.88 Å². The molecule has 0 bridgehead atoms. The Labute approximate surface area is 75.0 Å². The summed E-state index contributed by atoms with van der Waals surface area (Å²) in [4.78, 5) is 3.96. The van der Waals surface area contributed by atoms with Gasteiger partial charge in [-0.05, 0) is 12.1 Å². The van der Waals surface area contributed by atoms with E-state index in [1.54, 1.807) is 12.1 Å². The predicted octanol–water partition coefficient (Wildman–Crippen LogP) is 2.18. The van der Waals surface area contributed by atoms with Gasteiger partial charge in [-0.15, -0.1) is 0 Å². The minimum atomic E-state index is -0.377. The van der Waals surface area contributed by atoms with E-state index in [-0.39, 0.29) is 5.82 Å². The van der Waals surface area contributed by atoms with Crippen molar-refractivity contribution < 1.29 is 9.13 Å². The molecule has 0 fully saturated rings. The van der Waals surface area contributed by atoms with E-state index in [4.69, 9.17) is 4.74 Å². The second-order valence-electron chi connectivity index (χ2n) is 2.57. The summed E-state index contributed by atoms with van der Waals surface area (Å²) in [5, 5.41) is 1.15. The highest BCUT2D eigenvalue weighted by Crippen LogP contribution is 2.23. The normalized spacial score (nSPS) is 10.3. The molecule has 2 rings (SSSR count). The number of fused-ring (bicyclic) bond motifs is 1. The van der Waals surface area contributed by atoms with E-state index in [1.165, 1.54) is 19.4 Å². The van der Waals surface area contributed by atoms with Crippen LogP contribution in [0, 0.1) is 11.9 Å². The number of ether oxygens (including phenoxy) is 1. The molecule has 0 N–H and O–H groups in total. The Morgan fingerprint density at radius 1 is 1.38 bits per heavy atom. The van der Waals surface area contributed by atoms with Crippen LogP contribution in [-0.2, 0) is 0 Å². The van der Waals surface area contributed by atoms with Crippen LogP contribution in [0.4, 0.5) is 4.39 Å². The molecule has 0 saturated heterocycles. The lowest BCUT2D eigenvalue weighted by Gasteiger charge is -2.03. The van der Waals surface area contributed by atoms with Gasteiger partial charge in [-0.2, -0.15) is 0 Å². The highest BCUT2D eigenvalue weighted by Gasteiger charge is 2.04. The van der Waals surface area contributed by atoms with Crippen molar-refractivity contribution in [2.75, 3.05) is 7.11 Å². The van der Waals surface area contributed by atoms with Crippen LogP contribution >= 0.6 is 0 Å². The van der Waals surface area contributed by atoms with Crippen LogP contribution in [0.5, 0.6) is 5.88 Å². The standard InChI is InChI=1S/C10H7FNO/c1-13-10-8-3-2-4-9(11)7(8)5-6-12-10/h2-3,5-6H,1H3. The Morgan fingerprint density at radius 2 is 2.23 bits per heavy atom. The Morgan fingerprint density at radius 3 is 3.00 bits per heavy atom. The van der Waals surface area contributed by atoms with Gasteiger partial charge in [0.05, 0.1) is 7.11 Å². The highest BCUT2D eigenvalue weighted by molar-refractivity contribution is 5.86. The molecule has 3 heteroatoms. The van der Waals surface area contributed by atoms with E-state index in [2.05, 4.69) is 11.1 Å². The van der Waals surface area contributed by atoms with Crippen molar-refractivity contribution in [3.05, 3.63) is 36.3 Å². The molecule has 65 valence electrons. The molecule has 1 aromatic carbocycles. The van der Waals surface area contributed by atoms with Crippen LogP contribution in [-0.4, -0.2) is 12.1 Å². The molecular weight excluding hydrogens is 169 g/mol. The molecule has 0 atom stereocenters. The largest absolute Gasteiger partial charge is 0.481 e. The van der Waals surface area contributed by atoms with Crippen molar-refractivity contribution in [3.8, 4) is 5.88 Å². The molecule has 2 aromatic rings. The number of aromatic nitrogens is 1. The van der Waals surface area contributed by atoms with E-state index in [1.807, 2.05) is 0 Å². The van der Waals surface area contributed by atoms with Crippen molar-refractivity contribution in [1.82, 2.24) is 4.98 Å². The number of nitrogens with zero attached hydrogens (tertiary/aromatic N) is 1. The Kier molecular flexibility index (Phi) is 1.85. The van der Waals surface area contributed by atoms with Gasteiger partial charge < -0.3 is 4.74 Å². The second-order valence-corrected chi connectivity index (χ2v) is 2.57. The quantitative estimate of drug-likeness (QED) is 0.664. The van der Waals surface area contributed by atoms with Crippen molar-refractivity contribution in [2.24, 2.45) is 0 Å². The zero-order valence-corrected chi connectivity index (χ0v) is 7.04. The van der Waals surface area contributed by atoms with Crippen LogP contribution in [0.15, 0.2) is 24.4 Å². The van der Waals surface area contributed by atoms with Crippen LogP contribution in [0.25, 0.3) is 10.8 Å². The molecule has 0 aliphatic heterocycles. The lowest BCUT2D eigenvalue weighted by Crippen LogP contribution is -1.89. The van der Waals surface area contributed by atoms with Gasteiger partial charge in [-0.3, -0.25) is 0 Å². The molecule has 0 saturated carbocycles. The Hall–Kier alpha value is -1.64. The fourth-order valence-corrected chi connectivity index (χ4v) is 1.25. The van der Waals surface area contributed by atoms with Gasteiger partial charge in [0.1, 0.15) is 5.82 Å². The van der Waals surface area contributed by atoms with Gasteiger partial charge in [-0.1, -0.05) is 6.07 Å². The molecule has 2 nitrogen and oxygen atoms in total. The Bertz CT molecular complexity index is 442. The Balaban J connectivity index is 2.84. The van der Waals surface area contributed by atoms with E-state index >= 15 is 0 Å². The SMILES string of the molecule is COc1nccc2c(F)[c]ccc12. The van der Waals surface area contributed by atoms with Crippen LogP contribution in [0.1, 0.15) is 0 Å².